The lowest BCUT2D eigenvalue weighted by atomic mass is 10.5. The summed E-state index contributed by atoms with van der Waals surface area (Å²) in [7, 11) is 0. The fraction of sp³-hybridized carbons (Fsp3) is 1.00. The molecule has 0 amide bonds. The van der Waals surface area contributed by atoms with Gasteiger partial charge in [0.05, 0.1) is 0 Å². The third-order valence-electron chi connectivity index (χ3n) is 0.337. The molecule has 0 aliphatic heterocycles. The third-order valence-corrected chi connectivity index (χ3v) is 0.984. The standard InChI is InChI=1S/C3H7BrO.H2O/c1-2-3(4)5;/h3,5H,2H2,1H3;1H2. The molecule has 0 aromatic heterocycles. The van der Waals surface area contributed by atoms with E-state index in [2.05, 4.69) is 15.9 Å². The molecule has 0 heterocycles. The minimum absolute atomic E-state index is 0. The van der Waals surface area contributed by atoms with Crippen LogP contribution in [0.2, 0.25) is 0 Å². The van der Waals surface area contributed by atoms with Gasteiger partial charge in [0, 0.05) is 0 Å². The van der Waals surface area contributed by atoms with Gasteiger partial charge in [-0.1, -0.05) is 22.9 Å². The van der Waals surface area contributed by atoms with E-state index in [1.165, 1.54) is 0 Å². The maximum Gasteiger partial charge on any atom is 0.108 e. The smallest absolute Gasteiger partial charge is 0.108 e. The topological polar surface area (TPSA) is 51.7 Å². The summed E-state index contributed by atoms with van der Waals surface area (Å²) < 4.78 is 0. The first-order chi connectivity index (χ1) is 2.27. The Bertz CT molecular complexity index is 22.8. The summed E-state index contributed by atoms with van der Waals surface area (Å²) in [5.41, 5.74) is 0. The van der Waals surface area contributed by atoms with E-state index in [1.807, 2.05) is 6.92 Å². The van der Waals surface area contributed by atoms with Gasteiger partial charge in [-0.05, 0) is 6.42 Å². The van der Waals surface area contributed by atoms with E-state index in [-0.39, 0.29) is 10.5 Å². The Morgan fingerprint density at radius 2 is 2.00 bits per heavy atom. The number of alkyl halides is 1. The largest absolute Gasteiger partial charge is 0.412 e. The summed E-state index contributed by atoms with van der Waals surface area (Å²) in [4.78, 5) is 0. The summed E-state index contributed by atoms with van der Waals surface area (Å²) >= 11 is 2.93. The third kappa shape index (κ3) is 8.83. The molecule has 1 atom stereocenters. The van der Waals surface area contributed by atoms with Gasteiger partial charge in [-0.2, -0.15) is 0 Å². The maximum absolute atomic E-state index is 8.28. The van der Waals surface area contributed by atoms with Crippen molar-refractivity contribution in [3.63, 3.8) is 0 Å². The Morgan fingerprint density at radius 1 is 1.83 bits per heavy atom. The Labute approximate surface area is 45.6 Å². The summed E-state index contributed by atoms with van der Waals surface area (Å²) in [6.45, 7) is 1.90. The van der Waals surface area contributed by atoms with Crippen LogP contribution in [0.5, 0.6) is 0 Å². The Balaban J connectivity index is 0. The molecule has 6 heavy (non-hydrogen) atoms. The average Bonchev–Trinajstić information content (AvgIpc) is 1.38. The fourth-order valence-corrected chi connectivity index (χ4v) is 0. The second kappa shape index (κ2) is 5.40. The van der Waals surface area contributed by atoms with Crippen LogP contribution in [0.15, 0.2) is 0 Å². The molecule has 0 bridgehead atoms. The Morgan fingerprint density at radius 3 is 2.00 bits per heavy atom. The molecular weight excluding hydrogens is 148 g/mol. The van der Waals surface area contributed by atoms with E-state index >= 15 is 0 Å². The van der Waals surface area contributed by atoms with Gasteiger partial charge in [-0.25, -0.2) is 0 Å². The highest BCUT2D eigenvalue weighted by molar-refractivity contribution is 9.09. The van der Waals surface area contributed by atoms with Crippen molar-refractivity contribution in [1.82, 2.24) is 0 Å². The van der Waals surface area contributed by atoms with Crippen molar-refractivity contribution in [2.45, 2.75) is 18.4 Å². The zero-order chi connectivity index (χ0) is 4.28. The van der Waals surface area contributed by atoms with Crippen molar-refractivity contribution in [3.8, 4) is 0 Å². The molecule has 0 spiro atoms. The van der Waals surface area contributed by atoms with Gasteiger partial charge in [-0.3, -0.25) is 0 Å². The van der Waals surface area contributed by atoms with E-state index in [1.54, 1.807) is 0 Å². The first-order valence-corrected chi connectivity index (χ1v) is 2.51. The van der Waals surface area contributed by atoms with Crippen LogP contribution in [0.1, 0.15) is 13.3 Å². The predicted molar refractivity (Wildman–Crippen MR) is 28.8 cm³/mol. The number of aliphatic hydroxyl groups is 1. The number of aliphatic hydroxyl groups excluding tert-OH is 1. The lowest BCUT2D eigenvalue weighted by Crippen LogP contribution is -1.87. The van der Waals surface area contributed by atoms with Crippen LogP contribution in [-0.4, -0.2) is 15.6 Å². The van der Waals surface area contributed by atoms with Gasteiger partial charge >= 0.3 is 0 Å². The van der Waals surface area contributed by atoms with Crippen molar-refractivity contribution < 1.29 is 10.6 Å². The molecule has 0 aliphatic rings. The zero-order valence-corrected chi connectivity index (χ0v) is 5.20. The van der Waals surface area contributed by atoms with Crippen LogP contribution in [0.3, 0.4) is 0 Å². The molecule has 2 nitrogen and oxygen atoms in total. The van der Waals surface area contributed by atoms with Crippen LogP contribution in [0, 0.1) is 0 Å². The molecule has 0 saturated heterocycles. The Kier molecular flexibility index (Phi) is 8.68. The van der Waals surface area contributed by atoms with Crippen LogP contribution in [-0.2, 0) is 0 Å². The molecule has 1 unspecified atom stereocenters. The summed E-state index contributed by atoms with van der Waals surface area (Å²) in [5, 5.41) is 7.97. The normalized spacial score (nSPS) is 12.5. The molecule has 3 heteroatoms. The second-order valence-corrected chi connectivity index (χ2v) is 1.90. The van der Waals surface area contributed by atoms with Crippen molar-refractivity contribution in [2.24, 2.45) is 0 Å². The quantitative estimate of drug-likeness (QED) is 0.546. The molecule has 0 saturated carbocycles. The SMILES string of the molecule is CCC(O)Br.O. The van der Waals surface area contributed by atoms with E-state index in [0.29, 0.717) is 0 Å². The summed E-state index contributed by atoms with van der Waals surface area (Å²) in [5.74, 6) is 0. The van der Waals surface area contributed by atoms with Gasteiger partial charge in [0.15, 0.2) is 0 Å². The minimum Gasteiger partial charge on any atom is -0.412 e. The second-order valence-electron chi connectivity index (χ2n) is 0.843. The van der Waals surface area contributed by atoms with Crippen LogP contribution in [0.4, 0.5) is 0 Å². The van der Waals surface area contributed by atoms with Crippen molar-refractivity contribution >= 4 is 15.9 Å². The van der Waals surface area contributed by atoms with Gasteiger partial charge in [0.2, 0.25) is 0 Å². The van der Waals surface area contributed by atoms with Crippen molar-refractivity contribution in [1.29, 1.82) is 0 Å². The Hall–Kier alpha value is 0.400. The van der Waals surface area contributed by atoms with Crippen LogP contribution >= 0.6 is 15.9 Å². The highest BCUT2D eigenvalue weighted by Crippen LogP contribution is 1.95. The average molecular weight is 157 g/mol. The van der Waals surface area contributed by atoms with Gasteiger partial charge in [0.25, 0.3) is 0 Å². The highest BCUT2D eigenvalue weighted by atomic mass is 79.9. The molecule has 0 aromatic carbocycles. The molecule has 3 N–H and O–H groups in total. The number of hydrogen-bond acceptors (Lipinski definition) is 1. The molecule has 0 aliphatic carbocycles. The summed E-state index contributed by atoms with van der Waals surface area (Å²) in [6, 6.07) is 0. The molecular formula is C3H9BrO2. The van der Waals surface area contributed by atoms with Gasteiger partial charge in [0.1, 0.15) is 5.01 Å². The van der Waals surface area contributed by atoms with E-state index in [4.69, 9.17) is 5.11 Å². The number of rotatable bonds is 1. The minimum atomic E-state index is -0.303. The molecule has 0 radical (unpaired) electrons. The van der Waals surface area contributed by atoms with Crippen LogP contribution < -0.4 is 0 Å². The highest BCUT2D eigenvalue weighted by Gasteiger charge is 1.84. The van der Waals surface area contributed by atoms with E-state index in [0.717, 1.165) is 6.42 Å². The van der Waals surface area contributed by atoms with Crippen molar-refractivity contribution in [3.05, 3.63) is 0 Å². The molecule has 0 aromatic rings. The fourth-order valence-electron chi connectivity index (χ4n) is 0. The van der Waals surface area contributed by atoms with E-state index in [9.17, 15) is 0 Å². The lowest BCUT2D eigenvalue weighted by molar-refractivity contribution is 0.266. The van der Waals surface area contributed by atoms with Crippen molar-refractivity contribution in [2.75, 3.05) is 0 Å². The van der Waals surface area contributed by atoms with E-state index < -0.39 is 0 Å². The maximum atomic E-state index is 8.28. The first-order valence-electron chi connectivity index (χ1n) is 1.59. The monoisotopic (exact) mass is 156 g/mol. The van der Waals surface area contributed by atoms with Crippen LogP contribution in [0.25, 0.3) is 0 Å². The molecule has 0 fully saturated rings. The molecule has 0 rings (SSSR count). The number of hydrogen-bond donors (Lipinski definition) is 1. The molecule has 40 valence electrons. The van der Waals surface area contributed by atoms with Gasteiger partial charge in [-0.15, -0.1) is 0 Å². The number of halogens is 1. The zero-order valence-electron chi connectivity index (χ0n) is 3.61. The van der Waals surface area contributed by atoms with Gasteiger partial charge < -0.3 is 10.6 Å². The summed E-state index contributed by atoms with van der Waals surface area (Å²) in [6.07, 6.45) is 0.778. The lowest BCUT2D eigenvalue weighted by Gasteiger charge is -1.88. The first kappa shape index (κ1) is 9.64. The predicted octanol–water partition coefficient (Wildman–Crippen LogP) is 0.285.